The molecule has 120 valence electrons. The molecule has 0 aromatic heterocycles. The van der Waals surface area contributed by atoms with Crippen molar-refractivity contribution in [3.05, 3.63) is 29.3 Å². The Bertz CT molecular complexity index is 579. The number of carbonyl (C=O) groups is 2. The molecule has 1 aromatic carbocycles. The molecule has 0 saturated carbocycles. The highest BCUT2D eigenvalue weighted by atomic mass is 16.6. The number of carboxylic acid groups (broad SMARTS) is 1. The van der Waals surface area contributed by atoms with Gasteiger partial charge in [-0.05, 0) is 32.4 Å². The first-order valence-electron chi connectivity index (χ1n) is 6.73. The molecule has 1 unspecified atom stereocenters. The zero-order valence-electron chi connectivity index (χ0n) is 12.8. The molecule has 0 aliphatic carbocycles. The van der Waals surface area contributed by atoms with Crippen molar-refractivity contribution in [2.75, 3.05) is 5.73 Å². The van der Waals surface area contributed by atoms with Crippen molar-refractivity contribution in [1.82, 2.24) is 5.32 Å². The lowest BCUT2D eigenvalue weighted by Crippen LogP contribution is -2.44. The van der Waals surface area contributed by atoms with Gasteiger partial charge < -0.3 is 26.3 Å². The Kier molecular flexibility index (Phi) is 5.50. The average Bonchev–Trinajstić information content (AvgIpc) is 2.35. The number of ether oxygens (including phenoxy) is 1. The average molecular weight is 307 g/mol. The molecule has 1 atom stereocenters. The Morgan fingerprint density at radius 1 is 1.45 bits per heavy atom. The Hall–Kier alpha value is -2.57. The molecule has 7 nitrogen and oxygen atoms in total. The fraction of sp³-hybridized carbons (Fsp3) is 0.400. The molecule has 1 rings (SSSR count). The smallest absolute Gasteiger partial charge is 0.408 e. The van der Waals surface area contributed by atoms with Crippen LogP contribution in [0.15, 0.2) is 18.2 Å². The Morgan fingerprint density at radius 3 is 2.55 bits per heavy atom. The number of hydrogen-bond donors (Lipinski definition) is 4. The fourth-order valence-corrected chi connectivity index (χ4v) is 1.77. The van der Waals surface area contributed by atoms with Crippen LogP contribution in [0.2, 0.25) is 0 Å². The van der Waals surface area contributed by atoms with Crippen molar-refractivity contribution in [1.29, 1.82) is 5.41 Å². The summed E-state index contributed by atoms with van der Waals surface area (Å²) in [5.74, 6) is -1.17. The predicted molar refractivity (Wildman–Crippen MR) is 83.2 cm³/mol. The standard InChI is InChI=1S/C15H21N3O4/c1-15(2,3)22-14(21)18-12(13(19)20)7-9-4-5-10(8-16)11(17)6-9/h4-6,8,12,16H,7,17H2,1-3H3,(H,18,21)(H,19,20). The van der Waals surface area contributed by atoms with E-state index in [4.69, 9.17) is 15.9 Å². The summed E-state index contributed by atoms with van der Waals surface area (Å²) in [5, 5.41) is 18.7. The molecule has 1 aromatic rings. The number of anilines is 1. The van der Waals surface area contributed by atoms with E-state index in [0.717, 1.165) is 6.21 Å². The molecule has 0 bridgehead atoms. The molecule has 0 fully saturated rings. The van der Waals surface area contributed by atoms with Crippen molar-refractivity contribution < 1.29 is 19.4 Å². The van der Waals surface area contributed by atoms with Crippen LogP contribution in [0.25, 0.3) is 0 Å². The van der Waals surface area contributed by atoms with Gasteiger partial charge in [-0.15, -0.1) is 0 Å². The summed E-state index contributed by atoms with van der Waals surface area (Å²) < 4.78 is 5.05. The maximum absolute atomic E-state index is 11.7. The summed E-state index contributed by atoms with van der Waals surface area (Å²) in [5.41, 5.74) is 6.63. The van der Waals surface area contributed by atoms with E-state index in [1.165, 1.54) is 0 Å². The SMILES string of the molecule is CC(C)(C)OC(=O)NC(Cc1ccc(C=N)c(N)c1)C(=O)O. The highest BCUT2D eigenvalue weighted by Crippen LogP contribution is 2.14. The molecule has 0 saturated heterocycles. The van der Waals surface area contributed by atoms with E-state index in [-0.39, 0.29) is 6.42 Å². The summed E-state index contributed by atoms with van der Waals surface area (Å²) in [4.78, 5) is 23.0. The third-order valence-electron chi connectivity index (χ3n) is 2.74. The summed E-state index contributed by atoms with van der Waals surface area (Å²) >= 11 is 0. The van der Waals surface area contributed by atoms with Crippen LogP contribution in [-0.2, 0) is 16.0 Å². The number of nitrogens with one attached hydrogen (secondary N) is 2. The van der Waals surface area contributed by atoms with E-state index >= 15 is 0 Å². The Morgan fingerprint density at radius 2 is 2.09 bits per heavy atom. The number of aliphatic carboxylic acids is 1. The van der Waals surface area contributed by atoms with Gasteiger partial charge in [0.25, 0.3) is 0 Å². The van der Waals surface area contributed by atoms with Gasteiger partial charge in [0.05, 0.1) is 0 Å². The predicted octanol–water partition coefficient (Wildman–Crippen LogP) is 1.79. The van der Waals surface area contributed by atoms with Crippen LogP contribution >= 0.6 is 0 Å². The number of alkyl carbamates (subject to hydrolysis) is 1. The van der Waals surface area contributed by atoms with Gasteiger partial charge >= 0.3 is 12.1 Å². The van der Waals surface area contributed by atoms with E-state index in [0.29, 0.717) is 16.8 Å². The van der Waals surface area contributed by atoms with Crippen molar-refractivity contribution in [3.63, 3.8) is 0 Å². The second-order valence-electron chi connectivity index (χ2n) is 5.85. The molecule has 0 spiro atoms. The molecule has 7 heteroatoms. The normalized spacial score (nSPS) is 12.3. The number of amides is 1. The number of rotatable bonds is 5. The van der Waals surface area contributed by atoms with E-state index in [2.05, 4.69) is 5.32 Å². The van der Waals surface area contributed by atoms with Gasteiger partial charge in [-0.25, -0.2) is 9.59 Å². The van der Waals surface area contributed by atoms with E-state index in [1.54, 1.807) is 39.0 Å². The van der Waals surface area contributed by atoms with Crippen LogP contribution in [0.1, 0.15) is 31.9 Å². The lowest BCUT2D eigenvalue weighted by atomic mass is 10.0. The lowest BCUT2D eigenvalue weighted by Gasteiger charge is -2.22. The minimum atomic E-state index is -1.17. The van der Waals surface area contributed by atoms with Crippen LogP contribution in [0.5, 0.6) is 0 Å². The van der Waals surface area contributed by atoms with E-state index < -0.39 is 23.7 Å². The van der Waals surface area contributed by atoms with Crippen LogP contribution in [0, 0.1) is 5.41 Å². The topological polar surface area (TPSA) is 126 Å². The molecule has 0 radical (unpaired) electrons. The minimum absolute atomic E-state index is 0.0665. The molecule has 1 amide bonds. The van der Waals surface area contributed by atoms with E-state index in [9.17, 15) is 14.7 Å². The monoisotopic (exact) mass is 307 g/mol. The molecule has 0 heterocycles. The van der Waals surface area contributed by atoms with Crippen LogP contribution in [0.4, 0.5) is 10.5 Å². The van der Waals surface area contributed by atoms with Crippen LogP contribution < -0.4 is 11.1 Å². The second-order valence-corrected chi connectivity index (χ2v) is 5.85. The largest absolute Gasteiger partial charge is 0.480 e. The van der Waals surface area contributed by atoms with Crippen molar-refractivity contribution in [3.8, 4) is 0 Å². The highest BCUT2D eigenvalue weighted by Gasteiger charge is 2.24. The van der Waals surface area contributed by atoms with Gasteiger partial charge in [0, 0.05) is 23.9 Å². The van der Waals surface area contributed by atoms with Crippen LogP contribution in [-0.4, -0.2) is 35.0 Å². The number of carboxylic acids is 1. The summed E-state index contributed by atoms with van der Waals surface area (Å²) in [7, 11) is 0. The third kappa shape index (κ3) is 5.43. The minimum Gasteiger partial charge on any atom is -0.480 e. The highest BCUT2D eigenvalue weighted by molar-refractivity contribution is 5.85. The van der Waals surface area contributed by atoms with Gasteiger partial charge in [-0.3, -0.25) is 0 Å². The maximum Gasteiger partial charge on any atom is 0.408 e. The summed E-state index contributed by atoms with van der Waals surface area (Å²) in [6.45, 7) is 5.08. The molecular weight excluding hydrogens is 286 g/mol. The summed E-state index contributed by atoms with van der Waals surface area (Å²) in [6, 6.07) is 3.76. The molecule has 22 heavy (non-hydrogen) atoms. The Balaban J connectivity index is 2.80. The van der Waals surface area contributed by atoms with Crippen LogP contribution in [0.3, 0.4) is 0 Å². The number of nitrogen functional groups attached to an aromatic ring is 1. The fourth-order valence-electron chi connectivity index (χ4n) is 1.77. The van der Waals surface area contributed by atoms with Gasteiger partial charge in [-0.1, -0.05) is 12.1 Å². The zero-order valence-corrected chi connectivity index (χ0v) is 12.8. The van der Waals surface area contributed by atoms with Crippen molar-refractivity contribution in [2.45, 2.75) is 38.8 Å². The molecule has 0 aliphatic rings. The number of benzene rings is 1. The van der Waals surface area contributed by atoms with Crippen molar-refractivity contribution in [2.24, 2.45) is 0 Å². The number of hydrogen-bond acceptors (Lipinski definition) is 5. The lowest BCUT2D eigenvalue weighted by molar-refractivity contribution is -0.139. The molecular formula is C15H21N3O4. The summed E-state index contributed by atoms with van der Waals surface area (Å²) in [6.07, 6.45) is 0.396. The zero-order chi connectivity index (χ0) is 16.9. The van der Waals surface area contributed by atoms with E-state index in [1.807, 2.05) is 0 Å². The molecule has 5 N–H and O–H groups in total. The second kappa shape index (κ2) is 6.93. The Labute approximate surface area is 129 Å². The number of nitrogens with two attached hydrogens (primary N) is 1. The van der Waals surface area contributed by atoms with Crippen molar-refractivity contribution >= 4 is 24.0 Å². The number of carbonyl (C=O) groups excluding carboxylic acids is 1. The van der Waals surface area contributed by atoms with Gasteiger partial charge in [0.2, 0.25) is 0 Å². The molecule has 0 aliphatic heterocycles. The van der Waals surface area contributed by atoms with Gasteiger partial charge in [-0.2, -0.15) is 0 Å². The first-order valence-corrected chi connectivity index (χ1v) is 6.73. The first-order chi connectivity index (χ1) is 10.1. The first kappa shape index (κ1) is 17.5. The maximum atomic E-state index is 11.7. The third-order valence-corrected chi connectivity index (χ3v) is 2.74. The quantitative estimate of drug-likeness (QED) is 0.487. The van der Waals surface area contributed by atoms with Gasteiger partial charge in [0.15, 0.2) is 0 Å². The van der Waals surface area contributed by atoms with Gasteiger partial charge in [0.1, 0.15) is 11.6 Å².